The van der Waals surface area contributed by atoms with Crippen molar-refractivity contribution in [3.8, 4) is 35.2 Å². The van der Waals surface area contributed by atoms with Gasteiger partial charge in [0.15, 0.2) is 11.3 Å². The third-order valence-corrected chi connectivity index (χ3v) is 2.88. The van der Waals surface area contributed by atoms with E-state index in [9.17, 15) is 0 Å². The predicted molar refractivity (Wildman–Crippen MR) is 85.2 cm³/mol. The molecule has 0 amide bonds. The lowest BCUT2D eigenvalue weighted by molar-refractivity contribution is 0.363. The van der Waals surface area contributed by atoms with Crippen LogP contribution >= 0.6 is 12.4 Å². The maximum absolute atomic E-state index is 5.38. The fourth-order valence-electron chi connectivity index (χ4n) is 1.96. The molecule has 112 valence electrons. The molecule has 6 nitrogen and oxygen atoms in total. The van der Waals surface area contributed by atoms with Gasteiger partial charge in [-0.15, -0.1) is 18.8 Å². The highest BCUT2D eigenvalue weighted by Gasteiger charge is 2.12. The molecule has 3 rings (SSSR count). The van der Waals surface area contributed by atoms with Gasteiger partial charge in [0, 0.05) is 18.5 Å². The van der Waals surface area contributed by atoms with Gasteiger partial charge in [-0.3, -0.25) is 0 Å². The molecule has 7 heteroatoms. The summed E-state index contributed by atoms with van der Waals surface area (Å²) in [5.74, 6) is 4.32. The van der Waals surface area contributed by atoms with Gasteiger partial charge in [-0.05, 0) is 12.1 Å². The summed E-state index contributed by atoms with van der Waals surface area (Å²) in [7, 11) is 1.59. The van der Waals surface area contributed by atoms with Gasteiger partial charge in [-0.25, -0.2) is 15.0 Å². The number of fused-ring (bicyclic) bond motifs is 1. The van der Waals surface area contributed by atoms with Crippen LogP contribution in [0.15, 0.2) is 30.6 Å². The van der Waals surface area contributed by atoms with E-state index < -0.39 is 0 Å². The molecule has 2 aromatic heterocycles. The topological polar surface area (TPSA) is 72.9 Å². The van der Waals surface area contributed by atoms with E-state index in [0.717, 1.165) is 5.56 Å². The van der Waals surface area contributed by atoms with Crippen molar-refractivity contribution in [3.05, 3.63) is 30.6 Å². The second-order valence-corrected chi connectivity index (χ2v) is 4.17. The molecule has 1 aromatic carbocycles. The van der Waals surface area contributed by atoms with Crippen molar-refractivity contribution in [2.75, 3.05) is 13.7 Å². The summed E-state index contributed by atoms with van der Waals surface area (Å²) in [6.45, 7) is 0.209. The number of rotatable bonds is 4. The van der Waals surface area contributed by atoms with Crippen LogP contribution in [0.4, 0.5) is 0 Å². The number of hydrogen-bond acceptors (Lipinski definition) is 5. The van der Waals surface area contributed by atoms with E-state index in [0.29, 0.717) is 28.6 Å². The highest BCUT2D eigenvalue weighted by molar-refractivity contribution is 5.85. The Kier molecular flexibility index (Phi) is 4.81. The Balaban J connectivity index is 0.00000176. The summed E-state index contributed by atoms with van der Waals surface area (Å²) in [5, 5.41) is 0. The first-order valence-electron chi connectivity index (χ1n) is 6.23. The van der Waals surface area contributed by atoms with Crippen LogP contribution in [0.25, 0.3) is 22.7 Å². The molecule has 0 aliphatic heterocycles. The Bertz CT molecular complexity index is 793. The van der Waals surface area contributed by atoms with Crippen molar-refractivity contribution in [2.24, 2.45) is 0 Å². The molecule has 0 fully saturated rings. The van der Waals surface area contributed by atoms with Gasteiger partial charge in [0.2, 0.25) is 0 Å². The lowest BCUT2D eigenvalue weighted by Crippen LogP contribution is -1.95. The summed E-state index contributed by atoms with van der Waals surface area (Å²) in [4.78, 5) is 15.8. The molecule has 0 aliphatic carbocycles. The number of methoxy groups -OCH3 is 1. The van der Waals surface area contributed by atoms with Crippen molar-refractivity contribution in [1.29, 1.82) is 0 Å². The monoisotopic (exact) mass is 316 g/mol. The van der Waals surface area contributed by atoms with Crippen LogP contribution in [0.3, 0.4) is 0 Å². The molecule has 0 saturated heterocycles. The summed E-state index contributed by atoms with van der Waals surface area (Å²) >= 11 is 0. The predicted octanol–water partition coefficient (Wildman–Crippen LogP) is 2.46. The lowest BCUT2D eigenvalue weighted by atomic mass is 10.2. The SMILES string of the molecule is C#CCOc1ccc(-c2nc3nccnc3[nH]2)c(OC)c1.Cl. The third kappa shape index (κ3) is 2.95. The minimum atomic E-state index is 0. The zero-order chi connectivity index (χ0) is 14.7. The van der Waals surface area contributed by atoms with Crippen LogP contribution in [0.1, 0.15) is 0 Å². The Labute approximate surface area is 133 Å². The Morgan fingerprint density at radius 3 is 2.82 bits per heavy atom. The van der Waals surface area contributed by atoms with Gasteiger partial charge in [-0.1, -0.05) is 5.92 Å². The molecule has 0 atom stereocenters. The molecule has 0 spiro atoms. The number of benzene rings is 1. The number of halogens is 1. The second-order valence-electron chi connectivity index (χ2n) is 4.17. The molecule has 0 unspecified atom stereocenters. The van der Waals surface area contributed by atoms with Gasteiger partial charge >= 0.3 is 0 Å². The highest BCUT2D eigenvalue weighted by Crippen LogP contribution is 2.32. The smallest absolute Gasteiger partial charge is 0.197 e. The van der Waals surface area contributed by atoms with Crippen molar-refractivity contribution >= 4 is 23.7 Å². The minimum absolute atomic E-state index is 0. The zero-order valence-corrected chi connectivity index (χ0v) is 12.6. The van der Waals surface area contributed by atoms with E-state index in [1.165, 1.54) is 0 Å². The lowest BCUT2D eigenvalue weighted by Gasteiger charge is -2.09. The van der Waals surface area contributed by atoms with Crippen LogP contribution in [-0.2, 0) is 0 Å². The van der Waals surface area contributed by atoms with E-state index in [1.54, 1.807) is 25.6 Å². The van der Waals surface area contributed by atoms with Crippen LogP contribution < -0.4 is 9.47 Å². The largest absolute Gasteiger partial charge is 0.496 e. The van der Waals surface area contributed by atoms with Crippen molar-refractivity contribution in [1.82, 2.24) is 19.9 Å². The normalized spacial score (nSPS) is 9.82. The van der Waals surface area contributed by atoms with Gasteiger partial charge in [-0.2, -0.15) is 0 Å². The number of H-pyrrole nitrogens is 1. The second kappa shape index (κ2) is 6.78. The quantitative estimate of drug-likeness (QED) is 0.749. The van der Waals surface area contributed by atoms with Crippen LogP contribution in [0.2, 0.25) is 0 Å². The van der Waals surface area contributed by atoms with E-state index in [2.05, 4.69) is 25.9 Å². The van der Waals surface area contributed by atoms with Crippen LogP contribution in [0.5, 0.6) is 11.5 Å². The average Bonchev–Trinajstić information content (AvgIpc) is 2.96. The molecule has 0 bridgehead atoms. The molecule has 22 heavy (non-hydrogen) atoms. The van der Waals surface area contributed by atoms with E-state index in [-0.39, 0.29) is 19.0 Å². The number of terminal acetylenes is 1. The zero-order valence-electron chi connectivity index (χ0n) is 11.7. The van der Waals surface area contributed by atoms with E-state index in [1.807, 2.05) is 12.1 Å². The Hall–Kier alpha value is -2.78. The number of imidazole rings is 1. The fourth-order valence-corrected chi connectivity index (χ4v) is 1.96. The molecule has 2 heterocycles. The minimum Gasteiger partial charge on any atom is -0.496 e. The molecule has 1 N–H and O–H groups in total. The fraction of sp³-hybridized carbons (Fsp3) is 0.133. The summed E-state index contributed by atoms with van der Waals surface area (Å²) in [6, 6.07) is 5.42. The van der Waals surface area contributed by atoms with Gasteiger partial charge in [0.25, 0.3) is 0 Å². The maximum Gasteiger partial charge on any atom is 0.197 e. The molecular formula is C15H13ClN4O2. The molecular weight excluding hydrogens is 304 g/mol. The first-order chi connectivity index (χ1) is 10.3. The molecule has 0 aliphatic rings. The number of nitrogens with one attached hydrogen (secondary N) is 1. The standard InChI is InChI=1S/C15H12N4O2.ClH/c1-3-8-21-10-4-5-11(12(9-10)20-2)13-18-14-15(19-13)17-7-6-16-14;/h1,4-7,9H,8H2,2H3,(H,16,17,18,19);1H. The third-order valence-electron chi connectivity index (χ3n) is 2.88. The highest BCUT2D eigenvalue weighted by atomic mass is 35.5. The summed E-state index contributed by atoms with van der Waals surface area (Å²) in [5.41, 5.74) is 1.98. The summed E-state index contributed by atoms with van der Waals surface area (Å²) in [6.07, 6.45) is 8.38. The molecule has 0 radical (unpaired) electrons. The first-order valence-corrected chi connectivity index (χ1v) is 6.23. The van der Waals surface area contributed by atoms with Crippen LogP contribution in [-0.4, -0.2) is 33.7 Å². The van der Waals surface area contributed by atoms with E-state index >= 15 is 0 Å². The number of aromatic amines is 1. The number of ether oxygens (including phenoxy) is 2. The van der Waals surface area contributed by atoms with Crippen LogP contribution in [0, 0.1) is 12.3 Å². The van der Waals surface area contributed by atoms with Crippen molar-refractivity contribution in [3.63, 3.8) is 0 Å². The number of nitrogens with zero attached hydrogens (tertiary/aromatic N) is 3. The Morgan fingerprint density at radius 2 is 2.09 bits per heavy atom. The maximum atomic E-state index is 5.38. The van der Waals surface area contributed by atoms with Gasteiger partial charge in [0.1, 0.15) is 23.9 Å². The number of hydrogen-bond donors (Lipinski definition) is 1. The first kappa shape index (κ1) is 15.6. The van der Waals surface area contributed by atoms with E-state index in [4.69, 9.17) is 15.9 Å². The van der Waals surface area contributed by atoms with Crippen molar-refractivity contribution < 1.29 is 9.47 Å². The molecule has 0 saturated carbocycles. The van der Waals surface area contributed by atoms with Gasteiger partial charge < -0.3 is 14.5 Å². The average molecular weight is 317 g/mol. The Morgan fingerprint density at radius 1 is 1.27 bits per heavy atom. The number of aromatic nitrogens is 4. The summed E-state index contributed by atoms with van der Waals surface area (Å²) < 4.78 is 10.8. The van der Waals surface area contributed by atoms with Gasteiger partial charge in [0.05, 0.1) is 12.7 Å². The van der Waals surface area contributed by atoms with Crippen molar-refractivity contribution in [2.45, 2.75) is 0 Å². The molecule has 3 aromatic rings.